The highest BCUT2D eigenvalue weighted by atomic mass is 79.9. The lowest BCUT2D eigenvalue weighted by molar-refractivity contribution is -0.140. The largest absolute Gasteiger partial charge is 0.481 e. The quantitative estimate of drug-likeness (QED) is 0.370. The summed E-state index contributed by atoms with van der Waals surface area (Å²) in [5.41, 5.74) is -0.286. The van der Waals surface area contributed by atoms with Gasteiger partial charge in [-0.05, 0) is 24.1 Å². The van der Waals surface area contributed by atoms with Crippen LogP contribution in [0, 0.1) is 0 Å². The number of rotatable bonds is 7. The number of aromatic nitrogens is 2. The van der Waals surface area contributed by atoms with Crippen LogP contribution in [0.5, 0.6) is 0 Å². The van der Waals surface area contributed by atoms with Crippen molar-refractivity contribution in [2.45, 2.75) is 25.4 Å². The van der Waals surface area contributed by atoms with Gasteiger partial charge in [0, 0.05) is 17.4 Å². The number of aliphatic carboxylic acids is 2. The van der Waals surface area contributed by atoms with E-state index in [9.17, 15) is 19.2 Å². The minimum Gasteiger partial charge on any atom is -0.481 e. The summed E-state index contributed by atoms with van der Waals surface area (Å²) in [6.07, 6.45) is -0.364. The molecule has 1 atom stereocenters. The fourth-order valence-corrected chi connectivity index (χ4v) is 2.72. The number of hydrogen-bond acceptors (Lipinski definition) is 5. The molecule has 2 rings (SSSR count). The SMILES string of the molecule is Br.O=C(O)CC[C@H](NCc1cc(Br)cc2[nH]c(=O)c(=O)[nH]c12)C(=O)O. The molecule has 0 radical (unpaired) electrons. The minimum atomic E-state index is -1.17. The second kappa shape index (κ2) is 8.92. The third kappa shape index (κ3) is 5.51. The summed E-state index contributed by atoms with van der Waals surface area (Å²) in [7, 11) is 0. The Morgan fingerprint density at radius 3 is 2.40 bits per heavy atom. The van der Waals surface area contributed by atoms with Gasteiger partial charge in [-0.3, -0.25) is 19.2 Å². The molecule has 11 heteroatoms. The maximum Gasteiger partial charge on any atom is 0.320 e. The van der Waals surface area contributed by atoms with Crippen LogP contribution in [-0.2, 0) is 16.1 Å². The molecule has 25 heavy (non-hydrogen) atoms. The van der Waals surface area contributed by atoms with Crippen LogP contribution < -0.4 is 16.4 Å². The fraction of sp³-hybridized carbons (Fsp3) is 0.286. The van der Waals surface area contributed by atoms with Crippen LogP contribution in [0.3, 0.4) is 0 Å². The number of hydrogen-bond donors (Lipinski definition) is 5. The summed E-state index contributed by atoms with van der Waals surface area (Å²) in [6, 6.07) is 2.22. The average Bonchev–Trinajstić information content (AvgIpc) is 2.48. The zero-order valence-electron chi connectivity index (χ0n) is 12.7. The van der Waals surface area contributed by atoms with Crippen LogP contribution in [0.1, 0.15) is 18.4 Å². The van der Waals surface area contributed by atoms with Crippen molar-refractivity contribution < 1.29 is 19.8 Å². The van der Waals surface area contributed by atoms with E-state index in [1.165, 1.54) is 0 Å². The molecule has 0 spiro atoms. The van der Waals surface area contributed by atoms with Gasteiger partial charge in [0.15, 0.2) is 0 Å². The molecule has 5 N–H and O–H groups in total. The van der Waals surface area contributed by atoms with E-state index in [-0.39, 0.29) is 36.4 Å². The molecule has 0 bridgehead atoms. The van der Waals surface area contributed by atoms with Gasteiger partial charge >= 0.3 is 23.1 Å². The monoisotopic (exact) mass is 479 g/mol. The molecule has 0 unspecified atom stereocenters. The first-order valence-corrected chi connectivity index (χ1v) is 7.70. The first-order chi connectivity index (χ1) is 11.3. The molecular weight excluding hydrogens is 466 g/mol. The summed E-state index contributed by atoms with van der Waals surface area (Å²) in [6.45, 7) is 0.0640. The van der Waals surface area contributed by atoms with Crippen LogP contribution in [0.2, 0.25) is 0 Å². The third-order valence-corrected chi connectivity index (χ3v) is 3.82. The third-order valence-electron chi connectivity index (χ3n) is 3.36. The van der Waals surface area contributed by atoms with Gasteiger partial charge in [-0.25, -0.2) is 0 Å². The Kier molecular flexibility index (Phi) is 7.52. The second-order valence-corrected chi connectivity index (χ2v) is 6.02. The van der Waals surface area contributed by atoms with Crippen LogP contribution in [0.4, 0.5) is 0 Å². The van der Waals surface area contributed by atoms with Crippen molar-refractivity contribution in [2.75, 3.05) is 0 Å². The molecule has 136 valence electrons. The number of fused-ring (bicyclic) bond motifs is 1. The Morgan fingerprint density at radius 1 is 1.16 bits per heavy atom. The Hall–Kier alpha value is -1.98. The molecule has 0 fully saturated rings. The standard InChI is InChI=1S/C14H14BrN3O6.BrH/c15-7-3-6(5-16-8(14(23)24)1-2-10(19)20)11-9(4-7)17-12(21)13(22)18-11;/h3-4,8,16H,1-2,5H2,(H,17,21)(H,18,22)(H,19,20)(H,23,24);1H/t8-;/m0./s1. The number of halogens is 2. The molecule has 0 saturated carbocycles. The van der Waals surface area contributed by atoms with E-state index in [1.54, 1.807) is 12.1 Å². The Balaban J connectivity index is 0.00000312. The lowest BCUT2D eigenvalue weighted by atomic mass is 10.1. The molecule has 1 aromatic carbocycles. The lowest BCUT2D eigenvalue weighted by Crippen LogP contribution is -2.37. The number of nitrogens with one attached hydrogen (secondary N) is 3. The van der Waals surface area contributed by atoms with Crippen LogP contribution >= 0.6 is 32.9 Å². The molecule has 0 aliphatic rings. The van der Waals surface area contributed by atoms with Gasteiger partial charge in [-0.2, -0.15) is 0 Å². The topological polar surface area (TPSA) is 152 Å². The van der Waals surface area contributed by atoms with E-state index >= 15 is 0 Å². The normalized spacial score (nSPS) is 11.7. The molecule has 0 aliphatic carbocycles. The Morgan fingerprint density at radius 2 is 1.80 bits per heavy atom. The van der Waals surface area contributed by atoms with E-state index in [1.807, 2.05) is 0 Å². The van der Waals surface area contributed by atoms with E-state index < -0.39 is 29.1 Å². The highest BCUT2D eigenvalue weighted by Gasteiger charge is 2.18. The van der Waals surface area contributed by atoms with Gasteiger partial charge in [0.05, 0.1) is 11.0 Å². The van der Waals surface area contributed by atoms with Crippen molar-refractivity contribution in [1.29, 1.82) is 0 Å². The first-order valence-electron chi connectivity index (χ1n) is 6.90. The molecule has 2 aromatic rings. The van der Waals surface area contributed by atoms with Crippen LogP contribution in [-0.4, -0.2) is 38.2 Å². The van der Waals surface area contributed by atoms with Gasteiger partial charge in [-0.1, -0.05) is 15.9 Å². The maximum atomic E-state index is 11.5. The number of benzene rings is 1. The highest BCUT2D eigenvalue weighted by Crippen LogP contribution is 2.20. The maximum absolute atomic E-state index is 11.5. The molecular formula is C14H15Br2N3O6. The Bertz CT molecular complexity index is 908. The summed E-state index contributed by atoms with van der Waals surface area (Å²) in [5.74, 6) is -2.25. The van der Waals surface area contributed by atoms with Gasteiger partial charge in [-0.15, -0.1) is 17.0 Å². The molecule has 0 saturated heterocycles. The van der Waals surface area contributed by atoms with Gasteiger partial charge < -0.3 is 25.5 Å². The van der Waals surface area contributed by atoms with Crippen molar-refractivity contribution >= 4 is 55.9 Å². The molecule has 9 nitrogen and oxygen atoms in total. The van der Waals surface area contributed by atoms with Crippen molar-refractivity contribution in [3.05, 3.63) is 42.9 Å². The van der Waals surface area contributed by atoms with Gasteiger partial charge in [0.2, 0.25) is 0 Å². The summed E-state index contributed by atoms with van der Waals surface area (Å²) >= 11 is 3.28. The molecule has 1 heterocycles. The fourth-order valence-electron chi connectivity index (χ4n) is 2.21. The van der Waals surface area contributed by atoms with Crippen molar-refractivity contribution in [3.8, 4) is 0 Å². The number of carboxylic acid groups (broad SMARTS) is 2. The predicted molar refractivity (Wildman–Crippen MR) is 98.3 cm³/mol. The van der Waals surface area contributed by atoms with E-state index in [0.717, 1.165) is 0 Å². The smallest absolute Gasteiger partial charge is 0.320 e. The van der Waals surface area contributed by atoms with E-state index in [4.69, 9.17) is 10.2 Å². The average molecular weight is 481 g/mol. The number of aromatic amines is 2. The van der Waals surface area contributed by atoms with Crippen molar-refractivity contribution in [2.24, 2.45) is 0 Å². The molecule has 1 aromatic heterocycles. The molecule has 0 amide bonds. The number of H-pyrrole nitrogens is 2. The minimum absolute atomic E-state index is 0. The lowest BCUT2D eigenvalue weighted by Gasteiger charge is -2.14. The molecule has 0 aliphatic heterocycles. The number of carbonyl (C=O) groups is 2. The van der Waals surface area contributed by atoms with Crippen LogP contribution in [0.25, 0.3) is 11.0 Å². The number of carboxylic acids is 2. The Labute approximate surface area is 159 Å². The highest BCUT2D eigenvalue weighted by molar-refractivity contribution is 9.10. The van der Waals surface area contributed by atoms with Crippen molar-refractivity contribution in [1.82, 2.24) is 15.3 Å². The van der Waals surface area contributed by atoms with Gasteiger partial charge in [0.1, 0.15) is 6.04 Å². The van der Waals surface area contributed by atoms with Crippen molar-refractivity contribution in [3.63, 3.8) is 0 Å². The first kappa shape index (κ1) is 21.1. The summed E-state index contributed by atoms with van der Waals surface area (Å²) in [4.78, 5) is 49.6. The summed E-state index contributed by atoms with van der Waals surface area (Å²) < 4.78 is 0.631. The van der Waals surface area contributed by atoms with E-state index in [0.29, 0.717) is 21.1 Å². The van der Waals surface area contributed by atoms with E-state index in [2.05, 4.69) is 31.2 Å². The van der Waals surface area contributed by atoms with Crippen LogP contribution in [0.15, 0.2) is 26.2 Å². The second-order valence-electron chi connectivity index (χ2n) is 5.10. The zero-order chi connectivity index (χ0) is 17.9. The van der Waals surface area contributed by atoms with Gasteiger partial charge in [0.25, 0.3) is 0 Å². The predicted octanol–water partition coefficient (Wildman–Crippen LogP) is 0.964. The summed E-state index contributed by atoms with van der Waals surface area (Å²) in [5, 5.41) is 20.6. The zero-order valence-corrected chi connectivity index (χ0v) is 16.0.